The Morgan fingerprint density at radius 2 is 1.94 bits per heavy atom. The van der Waals surface area contributed by atoms with Gasteiger partial charge in [0, 0.05) is 12.0 Å². The standard InChI is InChI=1S/C16H22O2/c1-3-13(17)18-16(2)8-11-7-12(16)15-10-5-4-9(6-10)14(11)15/h3,9-12,14-15H,1,4-8H2,2H3. The fourth-order valence-corrected chi connectivity index (χ4v) is 6.25. The van der Waals surface area contributed by atoms with Crippen LogP contribution in [0.1, 0.15) is 39.0 Å². The van der Waals surface area contributed by atoms with Crippen molar-refractivity contribution in [2.24, 2.45) is 35.5 Å². The second-order valence-electron chi connectivity index (χ2n) is 7.23. The molecular formula is C16H22O2. The zero-order chi connectivity index (χ0) is 12.5. The molecule has 0 N–H and O–H groups in total. The average Bonchev–Trinajstić information content (AvgIpc) is 3.03. The molecule has 0 aliphatic heterocycles. The third kappa shape index (κ3) is 1.22. The second-order valence-corrected chi connectivity index (χ2v) is 7.23. The topological polar surface area (TPSA) is 26.3 Å². The van der Waals surface area contributed by atoms with Gasteiger partial charge >= 0.3 is 5.97 Å². The molecule has 18 heavy (non-hydrogen) atoms. The lowest BCUT2D eigenvalue weighted by atomic mass is 9.66. The lowest BCUT2D eigenvalue weighted by molar-refractivity contribution is -0.162. The number of ether oxygens (including phenoxy) is 1. The number of hydrogen-bond donors (Lipinski definition) is 0. The van der Waals surface area contributed by atoms with E-state index in [0.717, 1.165) is 36.0 Å². The maximum atomic E-state index is 11.6. The van der Waals surface area contributed by atoms with E-state index in [9.17, 15) is 4.79 Å². The molecule has 0 amide bonds. The van der Waals surface area contributed by atoms with E-state index >= 15 is 0 Å². The molecule has 4 aliphatic carbocycles. The van der Waals surface area contributed by atoms with Gasteiger partial charge in [-0.1, -0.05) is 6.58 Å². The van der Waals surface area contributed by atoms with Gasteiger partial charge in [-0.15, -0.1) is 0 Å². The Kier molecular flexibility index (Phi) is 2.09. The van der Waals surface area contributed by atoms with Crippen LogP contribution in [0.15, 0.2) is 12.7 Å². The Labute approximate surface area is 109 Å². The van der Waals surface area contributed by atoms with Crippen molar-refractivity contribution in [3.05, 3.63) is 12.7 Å². The van der Waals surface area contributed by atoms with Gasteiger partial charge in [-0.3, -0.25) is 0 Å². The van der Waals surface area contributed by atoms with Crippen molar-refractivity contribution in [2.75, 3.05) is 0 Å². The summed E-state index contributed by atoms with van der Waals surface area (Å²) >= 11 is 0. The highest BCUT2D eigenvalue weighted by Crippen LogP contribution is 2.70. The van der Waals surface area contributed by atoms with E-state index in [1.54, 1.807) is 0 Å². The number of fused-ring (bicyclic) bond motifs is 9. The Balaban J connectivity index is 1.61. The second kappa shape index (κ2) is 3.40. The van der Waals surface area contributed by atoms with Crippen LogP contribution in [0.2, 0.25) is 0 Å². The van der Waals surface area contributed by atoms with Crippen molar-refractivity contribution >= 4 is 5.97 Å². The van der Waals surface area contributed by atoms with Gasteiger partial charge in [0.25, 0.3) is 0 Å². The predicted octanol–water partition coefficient (Wildman–Crippen LogP) is 3.18. The van der Waals surface area contributed by atoms with E-state index in [0.29, 0.717) is 5.92 Å². The van der Waals surface area contributed by atoms with Gasteiger partial charge in [0.05, 0.1) is 0 Å². The lowest BCUT2D eigenvalue weighted by Crippen LogP contribution is -2.45. The number of esters is 1. The van der Waals surface area contributed by atoms with Crippen molar-refractivity contribution in [1.82, 2.24) is 0 Å². The summed E-state index contributed by atoms with van der Waals surface area (Å²) in [5.74, 6) is 5.02. The first-order chi connectivity index (χ1) is 8.62. The van der Waals surface area contributed by atoms with Crippen LogP contribution in [0, 0.1) is 35.5 Å². The van der Waals surface area contributed by atoms with E-state index in [-0.39, 0.29) is 11.6 Å². The average molecular weight is 246 g/mol. The molecule has 4 aliphatic rings. The molecule has 98 valence electrons. The zero-order valence-corrected chi connectivity index (χ0v) is 11.1. The van der Waals surface area contributed by atoms with Crippen molar-refractivity contribution in [3.8, 4) is 0 Å². The van der Waals surface area contributed by atoms with E-state index in [1.807, 2.05) is 0 Å². The van der Waals surface area contributed by atoms with Gasteiger partial charge in [0.1, 0.15) is 5.60 Å². The number of carbonyl (C=O) groups is 1. The third-order valence-electron chi connectivity index (χ3n) is 6.56. The van der Waals surface area contributed by atoms with Gasteiger partial charge in [0.2, 0.25) is 0 Å². The molecule has 0 heterocycles. The van der Waals surface area contributed by atoms with Crippen LogP contribution < -0.4 is 0 Å². The SMILES string of the molecule is C=CC(=O)OC1(C)CC2CC1C1C3CCC(C3)C21. The Morgan fingerprint density at radius 1 is 1.22 bits per heavy atom. The normalized spacial score (nSPS) is 55.6. The molecule has 4 bridgehead atoms. The molecule has 4 fully saturated rings. The first kappa shape index (κ1) is 11.1. The maximum Gasteiger partial charge on any atom is 0.330 e. The molecular weight excluding hydrogens is 224 g/mol. The number of hydrogen-bond acceptors (Lipinski definition) is 2. The minimum Gasteiger partial charge on any atom is -0.456 e. The summed E-state index contributed by atoms with van der Waals surface area (Å²) in [6.45, 7) is 5.69. The van der Waals surface area contributed by atoms with E-state index in [2.05, 4.69) is 13.5 Å². The lowest BCUT2D eigenvalue weighted by Gasteiger charge is -2.43. The summed E-state index contributed by atoms with van der Waals surface area (Å²) in [4.78, 5) is 11.6. The van der Waals surface area contributed by atoms with Crippen LogP contribution in [0.3, 0.4) is 0 Å². The van der Waals surface area contributed by atoms with Crippen molar-refractivity contribution in [1.29, 1.82) is 0 Å². The van der Waals surface area contributed by atoms with Gasteiger partial charge < -0.3 is 4.74 Å². The van der Waals surface area contributed by atoms with Crippen LogP contribution in [0.5, 0.6) is 0 Å². The Hall–Kier alpha value is -0.790. The van der Waals surface area contributed by atoms with Crippen LogP contribution in [-0.4, -0.2) is 11.6 Å². The molecule has 2 heteroatoms. The predicted molar refractivity (Wildman–Crippen MR) is 68.7 cm³/mol. The van der Waals surface area contributed by atoms with Crippen LogP contribution in [0.25, 0.3) is 0 Å². The fraction of sp³-hybridized carbons (Fsp3) is 0.812. The molecule has 7 atom stereocenters. The molecule has 7 unspecified atom stereocenters. The minimum atomic E-state index is -0.232. The highest BCUT2D eigenvalue weighted by molar-refractivity contribution is 5.81. The van der Waals surface area contributed by atoms with E-state index in [4.69, 9.17) is 4.74 Å². The monoisotopic (exact) mass is 246 g/mol. The van der Waals surface area contributed by atoms with Gasteiger partial charge in [0.15, 0.2) is 0 Å². The van der Waals surface area contributed by atoms with E-state index in [1.165, 1.54) is 31.8 Å². The highest BCUT2D eigenvalue weighted by atomic mass is 16.6. The van der Waals surface area contributed by atoms with Crippen molar-refractivity contribution in [2.45, 2.75) is 44.6 Å². The van der Waals surface area contributed by atoms with E-state index < -0.39 is 0 Å². The molecule has 2 nitrogen and oxygen atoms in total. The summed E-state index contributed by atoms with van der Waals surface area (Å²) in [5, 5.41) is 0. The summed E-state index contributed by atoms with van der Waals surface area (Å²) in [6.07, 6.45) is 8.09. The van der Waals surface area contributed by atoms with Crippen LogP contribution >= 0.6 is 0 Å². The smallest absolute Gasteiger partial charge is 0.330 e. The van der Waals surface area contributed by atoms with Crippen molar-refractivity contribution in [3.63, 3.8) is 0 Å². The molecule has 4 rings (SSSR count). The van der Waals surface area contributed by atoms with Crippen LogP contribution in [-0.2, 0) is 9.53 Å². The molecule has 0 aromatic carbocycles. The Morgan fingerprint density at radius 3 is 2.67 bits per heavy atom. The fourth-order valence-electron chi connectivity index (χ4n) is 6.25. The van der Waals surface area contributed by atoms with Gasteiger partial charge in [-0.25, -0.2) is 4.79 Å². The first-order valence-electron chi connectivity index (χ1n) is 7.48. The van der Waals surface area contributed by atoms with Gasteiger partial charge in [-0.2, -0.15) is 0 Å². The summed E-state index contributed by atoms with van der Waals surface area (Å²) in [6, 6.07) is 0. The third-order valence-corrected chi connectivity index (χ3v) is 6.56. The molecule has 0 spiro atoms. The molecule has 0 aromatic rings. The Bertz CT molecular complexity index is 415. The molecule has 0 aromatic heterocycles. The quantitative estimate of drug-likeness (QED) is 0.425. The highest BCUT2D eigenvalue weighted by Gasteiger charge is 2.66. The summed E-state index contributed by atoms with van der Waals surface area (Å²) in [7, 11) is 0. The van der Waals surface area contributed by atoms with Crippen LogP contribution in [0.4, 0.5) is 0 Å². The number of carbonyl (C=O) groups excluding carboxylic acids is 1. The molecule has 0 saturated heterocycles. The van der Waals surface area contributed by atoms with Gasteiger partial charge in [-0.05, 0) is 68.6 Å². The largest absolute Gasteiger partial charge is 0.456 e. The summed E-state index contributed by atoms with van der Waals surface area (Å²) < 4.78 is 5.74. The summed E-state index contributed by atoms with van der Waals surface area (Å²) in [5.41, 5.74) is -0.193. The minimum absolute atomic E-state index is 0.193. The molecule has 0 radical (unpaired) electrons. The zero-order valence-electron chi connectivity index (χ0n) is 11.1. The molecule has 4 saturated carbocycles. The van der Waals surface area contributed by atoms with Crippen molar-refractivity contribution < 1.29 is 9.53 Å². The maximum absolute atomic E-state index is 11.6. The first-order valence-corrected chi connectivity index (χ1v) is 7.48. The number of rotatable bonds is 2.